The summed E-state index contributed by atoms with van der Waals surface area (Å²) in [4.78, 5) is 0. The molecule has 4 aliphatic carbocycles. The number of aliphatic hydroxyl groups is 7. The Balaban J connectivity index is 1.04. The predicted molar refractivity (Wildman–Crippen MR) is 178 cm³/mol. The van der Waals surface area contributed by atoms with Crippen LogP contribution < -0.4 is 0 Å². The molecule has 290 valence electrons. The summed E-state index contributed by atoms with van der Waals surface area (Å²) >= 11 is 0. The molecule has 0 aromatic rings. The third-order valence-electron chi connectivity index (χ3n) is 15.4. The molecule has 51 heavy (non-hydrogen) atoms. The van der Waals surface area contributed by atoms with Gasteiger partial charge in [-0.25, -0.2) is 0 Å². The molecule has 0 amide bonds. The Kier molecular flexibility index (Phi) is 9.60. The topological polar surface area (TPSA) is 197 Å². The molecule has 8 rings (SSSR count). The Hall–Kier alpha value is -0.780. The highest BCUT2D eigenvalue weighted by molar-refractivity contribution is 5.29. The molecule has 0 aromatic carbocycles. The van der Waals surface area contributed by atoms with Crippen molar-refractivity contribution >= 4 is 0 Å². The van der Waals surface area contributed by atoms with E-state index in [-0.39, 0.29) is 35.9 Å². The summed E-state index contributed by atoms with van der Waals surface area (Å²) in [7, 11) is 0. The van der Waals surface area contributed by atoms with E-state index in [1.54, 1.807) is 0 Å². The van der Waals surface area contributed by atoms with Crippen molar-refractivity contribution in [3.63, 3.8) is 0 Å². The zero-order valence-corrected chi connectivity index (χ0v) is 30.5. The van der Waals surface area contributed by atoms with Gasteiger partial charge in [-0.15, -0.1) is 0 Å². The largest absolute Gasteiger partial charge is 0.393 e. The first kappa shape index (κ1) is 37.2. The third kappa shape index (κ3) is 5.66. The van der Waals surface area contributed by atoms with Gasteiger partial charge in [0, 0.05) is 30.1 Å². The normalized spacial score (nSPS) is 59.8. The van der Waals surface area contributed by atoms with E-state index in [4.69, 9.17) is 28.4 Å². The van der Waals surface area contributed by atoms with E-state index in [1.165, 1.54) is 12.5 Å². The Morgan fingerprint density at radius 3 is 2.33 bits per heavy atom. The second kappa shape index (κ2) is 13.2. The fourth-order valence-electron chi connectivity index (χ4n) is 12.4. The van der Waals surface area contributed by atoms with E-state index in [2.05, 4.69) is 26.8 Å². The first-order valence-corrected chi connectivity index (χ1v) is 19.4. The lowest BCUT2D eigenvalue weighted by Gasteiger charge is -2.60. The third-order valence-corrected chi connectivity index (χ3v) is 15.4. The second-order valence-electron chi connectivity index (χ2n) is 18.0. The number of aliphatic hydroxyl groups excluding tert-OH is 7. The summed E-state index contributed by atoms with van der Waals surface area (Å²) < 4.78 is 37.8. The molecule has 0 aromatic heterocycles. The van der Waals surface area contributed by atoms with Crippen molar-refractivity contribution in [2.75, 3.05) is 13.2 Å². The highest BCUT2D eigenvalue weighted by atomic mass is 16.8. The zero-order chi connectivity index (χ0) is 36.4. The zero-order valence-electron chi connectivity index (χ0n) is 30.5. The van der Waals surface area contributed by atoms with E-state index < -0.39 is 84.8 Å². The lowest BCUT2D eigenvalue weighted by molar-refractivity contribution is -0.362. The number of rotatable bonds is 4. The van der Waals surface area contributed by atoms with Gasteiger partial charge in [0.05, 0.1) is 43.7 Å². The maximum Gasteiger partial charge on any atom is 0.187 e. The van der Waals surface area contributed by atoms with Gasteiger partial charge in [-0.05, 0) is 68.1 Å². The van der Waals surface area contributed by atoms with E-state index in [9.17, 15) is 35.7 Å². The van der Waals surface area contributed by atoms with Crippen LogP contribution in [0.25, 0.3) is 0 Å². The van der Waals surface area contributed by atoms with E-state index in [0.29, 0.717) is 43.6 Å². The monoisotopic (exact) mass is 724 g/mol. The quantitative estimate of drug-likeness (QED) is 0.203. The van der Waals surface area contributed by atoms with Crippen molar-refractivity contribution in [1.82, 2.24) is 0 Å². The maximum absolute atomic E-state index is 11.1. The van der Waals surface area contributed by atoms with Crippen LogP contribution in [0.3, 0.4) is 0 Å². The molecule has 3 saturated carbocycles. The van der Waals surface area contributed by atoms with Gasteiger partial charge in [0.15, 0.2) is 18.4 Å². The van der Waals surface area contributed by atoms with Crippen LogP contribution in [0, 0.1) is 46.3 Å². The van der Waals surface area contributed by atoms with Crippen LogP contribution in [-0.4, -0.2) is 134 Å². The molecule has 0 unspecified atom stereocenters. The van der Waals surface area contributed by atoms with Crippen LogP contribution in [-0.2, 0) is 28.4 Å². The van der Waals surface area contributed by atoms with Crippen molar-refractivity contribution in [2.24, 2.45) is 46.3 Å². The smallest absolute Gasteiger partial charge is 0.187 e. The summed E-state index contributed by atoms with van der Waals surface area (Å²) in [5, 5.41) is 75.0. The van der Waals surface area contributed by atoms with Gasteiger partial charge >= 0.3 is 0 Å². The van der Waals surface area contributed by atoms with Crippen molar-refractivity contribution < 1.29 is 64.2 Å². The summed E-state index contributed by atoms with van der Waals surface area (Å²) in [5.41, 5.74) is 0.759. The minimum absolute atomic E-state index is 0.0418. The molecule has 0 bridgehead atoms. The summed E-state index contributed by atoms with van der Waals surface area (Å²) in [6.07, 6.45) is -5.94. The van der Waals surface area contributed by atoms with Crippen LogP contribution in [0.4, 0.5) is 0 Å². The molecular weight excluding hydrogens is 664 g/mol. The molecule has 0 radical (unpaired) electrons. The lowest BCUT2D eigenvalue weighted by atomic mass is 9.46. The van der Waals surface area contributed by atoms with Crippen LogP contribution in [0.5, 0.6) is 0 Å². The van der Waals surface area contributed by atoms with Gasteiger partial charge in [-0.2, -0.15) is 0 Å². The fourth-order valence-corrected chi connectivity index (χ4v) is 12.4. The SMILES string of the molecule is C[C@H]1CO[C@]2(C[C@@H]1O)O[C@H]1C[C@@H]3[C@@H]4CC=C5C[C@@H](O)C[C@@H](O[C@H]6OC[C@@H](O)[C@H](O)[C@@H]6O[C@@H]6O[C@H](C)[C@H](O)[C@@H](O)[C@H]6O)[C@]5(C)[C@@H]4CC[C@]3(C)[C@H]1[C@@H]2C. The molecule has 4 heterocycles. The van der Waals surface area contributed by atoms with E-state index >= 15 is 0 Å². The number of hydrogen-bond acceptors (Lipinski definition) is 13. The van der Waals surface area contributed by atoms with Gasteiger partial charge in [0.25, 0.3) is 0 Å². The Labute approximate surface area is 300 Å². The molecule has 7 fully saturated rings. The first-order valence-electron chi connectivity index (χ1n) is 19.4. The molecule has 4 saturated heterocycles. The molecule has 8 aliphatic rings. The Morgan fingerprint density at radius 1 is 0.824 bits per heavy atom. The standard InChI is InChI=1S/C38H60O13/c1-16-14-47-38(13-24(16)40)17(2)28-26(51-38)12-23-21-7-6-19-10-20(39)11-27(37(19,5)22(21)8-9-36(23,28)4)49-35-33(30(43)25(41)15-46-35)50-34-32(45)31(44)29(42)18(3)48-34/h6,16-18,20-35,39-45H,7-15H2,1-5H3/t16-,17-,18+,20+,21+,22+,23+,24-,25+,26-,27+,28-,29-,30-,31+,32+,33-,34-,35+,36-,37-,38+/m0/s1. The minimum Gasteiger partial charge on any atom is -0.393 e. The number of allylic oxidation sites excluding steroid dienone is 1. The van der Waals surface area contributed by atoms with Gasteiger partial charge in [-0.3, -0.25) is 0 Å². The number of fused-ring (bicyclic) bond motifs is 7. The average Bonchev–Trinajstić information content (AvgIpc) is 3.53. The summed E-state index contributed by atoms with van der Waals surface area (Å²) in [5.74, 6) is 0.859. The van der Waals surface area contributed by atoms with Gasteiger partial charge in [0.2, 0.25) is 0 Å². The van der Waals surface area contributed by atoms with Crippen LogP contribution >= 0.6 is 0 Å². The maximum atomic E-state index is 11.1. The highest BCUT2D eigenvalue weighted by Gasteiger charge is 2.70. The number of hydrogen-bond donors (Lipinski definition) is 7. The lowest BCUT2D eigenvalue weighted by Crippen LogP contribution is -2.63. The van der Waals surface area contributed by atoms with Crippen molar-refractivity contribution in [3.05, 3.63) is 11.6 Å². The van der Waals surface area contributed by atoms with Gasteiger partial charge in [0.1, 0.15) is 36.6 Å². The van der Waals surface area contributed by atoms with Crippen LogP contribution in [0.2, 0.25) is 0 Å². The molecular formula is C38H60O13. The van der Waals surface area contributed by atoms with E-state index in [1.807, 2.05) is 6.92 Å². The Morgan fingerprint density at radius 2 is 1.59 bits per heavy atom. The molecule has 1 spiro atoms. The van der Waals surface area contributed by atoms with Crippen LogP contribution in [0.15, 0.2) is 11.6 Å². The predicted octanol–water partition coefficient (Wildman–Crippen LogP) is 0.971. The molecule has 13 nitrogen and oxygen atoms in total. The average molecular weight is 725 g/mol. The fraction of sp³-hybridized carbons (Fsp3) is 0.947. The van der Waals surface area contributed by atoms with Gasteiger partial charge in [-0.1, -0.05) is 39.3 Å². The van der Waals surface area contributed by atoms with Crippen LogP contribution in [0.1, 0.15) is 79.6 Å². The number of ether oxygens (including phenoxy) is 6. The van der Waals surface area contributed by atoms with Gasteiger partial charge < -0.3 is 64.2 Å². The first-order chi connectivity index (χ1) is 24.1. The summed E-state index contributed by atoms with van der Waals surface area (Å²) in [6.45, 7) is 10.8. The van der Waals surface area contributed by atoms with Crippen molar-refractivity contribution in [2.45, 2.75) is 165 Å². The molecule has 4 aliphatic heterocycles. The second-order valence-corrected chi connectivity index (χ2v) is 18.0. The minimum atomic E-state index is -1.62. The summed E-state index contributed by atoms with van der Waals surface area (Å²) in [6, 6.07) is 0. The highest BCUT2D eigenvalue weighted by Crippen LogP contribution is 2.71. The molecule has 22 atom stereocenters. The van der Waals surface area contributed by atoms with E-state index in [0.717, 1.165) is 25.7 Å². The Bertz CT molecular complexity index is 1330. The van der Waals surface area contributed by atoms with Crippen molar-refractivity contribution in [3.8, 4) is 0 Å². The molecule has 7 N–H and O–H groups in total. The molecule has 13 heteroatoms. The van der Waals surface area contributed by atoms with Crippen molar-refractivity contribution in [1.29, 1.82) is 0 Å².